The fourth-order valence-corrected chi connectivity index (χ4v) is 0. The van der Waals surface area contributed by atoms with Crippen molar-refractivity contribution >= 4 is 23.2 Å². The maximum absolute atomic E-state index is 7.94. The van der Waals surface area contributed by atoms with Crippen LogP contribution in [-0.2, 0) is 0 Å². The van der Waals surface area contributed by atoms with Gasteiger partial charge in [0, 0.05) is 0 Å². The molecule has 31 valence electrons. The Hall–Kier alpha value is 0.540. The minimum absolute atomic E-state index is 0.960. The van der Waals surface area contributed by atoms with Crippen molar-refractivity contribution in [2.45, 2.75) is 5.56 Å². The number of aliphatic hydroxyl groups is 1. The first-order valence-electron chi connectivity index (χ1n) is 1.03. The fraction of sp³-hybridized carbons (Fsp3) is 0.500. The van der Waals surface area contributed by atoms with E-state index in [0.717, 1.165) is 5.88 Å². The van der Waals surface area contributed by atoms with E-state index in [9.17, 15) is 0 Å². The first-order valence-corrected chi connectivity index (χ1v) is 1.90. The van der Waals surface area contributed by atoms with E-state index in [-0.39, 0.29) is 0 Å². The third kappa shape index (κ3) is 4.54. The molecule has 0 amide bonds. The molecule has 0 heterocycles. The summed E-state index contributed by atoms with van der Waals surface area (Å²) in [6.45, 7) is 0. The van der Waals surface area contributed by atoms with E-state index in [0.29, 0.717) is 0 Å². The van der Waals surface area contributed by atoms with Crippen LogP contribution in [0.2, 0.25) is 0 Å². The Morgan fingerprint density at radius 1 is 1.80 bits per heavy atom. The Morgan fingerprint density at radius 3 is 2.00 bits per heavy atom. The molecule has 5 heavy (non-hydrogen) atoms. The highest BCUT2D eigenvalue weighted by Gasteiger charge is 1.88. The molecule has 1 radical (unpaired) electrons. The summed E-state index contributed by atoms with van der Waals surface area (Å²) in [6.07, 6.45) is 0. The van der Waals surface area contributed by atoms with Gasteiger partial charge < -0.3 is 5.11 Å². The minimum atomic E-state index is -1.00. The van der Waals surface area contributed by atoms with Crippen molar-refractivity contribution in [3.8, 4) is 0 Å². The zero-order chi connectivity index (χ0) is 4.28. The minimum Gasteiger partial charge on any atom is -0.376 e. The maximum Gasteiger partial charge on any atom is 0.145 e. The van der Waals surface area contributed by atoms with Gasteiger partial charge in [0.2, 0.25) is 0 Å². The summed E-state index contributed by atoms with van der Waals surface area (Å²) >= 11 is 9.66. The van der Waals surface area contributed by atoms with E-state index < -0.39 is 5.56 Å². The molecule has 0 aliphatic carbocycles. The van der Waals surface area contributed by atoms with E-state index in [1.807, 2.05) is 0 Å². The first kappa shape index (κ1) is 5.54. The largest absolute Gasteiger partial charge is 0.376 e. The van der Waals surface area contributed by atoms with E-state index in [1.54, 1.807) is 0 Å². The molecule has 0 bridgehead atoms. The van der Waals surface area contributed by atoms with Crippen LogP contribution in [0.15, 0.2) is 0 Å². The highest BCUT2D eigenvalue weighted by molar-refractivity contribution is 6.31. The van der Waals surface area contributed by atoms with E-state index >= 15 is 0 Å². The second-order valence-corrected chi connectivity index (χ2v) is 1.20. The van der Waals surface area contributed by atoms with Crippen LogP contribution in [0.25, 0.3) is 0 Å². The lowest BCUT2D eigenvalue weighted by Crippen LogP contribution is -1.87. The van der Waals surface area contributed by atoms with E-state index in [2.05, 4.69) is 0 Å². The number of rotatable bonds is 1. The van der Waals surface area contributed by atoms with Gasteiger partial charge in [0.05, 0.1) is 5.88 Å². The molecule has 1 N–H and O–H groups in total. The summed E-state index contributed by atoms with van der Waals surface area (Å²) in [5.41, 5.74) is -1.00. The Labute approximate surface area is 40.5 Å². The molecular weight excluding hydrogens is 111 g/mol. The molecular formula is C2H3Cl2O. The van der Waals surface area contributed by atoms with Gasteiger partial charge in [0.15, 0.2) is 0 Å². The summed E-state index contributed by atoms with van der Waals surface area (Å²) in [5, 5.41) is 7.94. The lowest BCUT2D eigenvalue weighted by molar-refractivity contribution is 0.296. The quantitative estimate of drug-likeness (QED) is 0.503. The lowest BCUT2D eigenvalue weighted by Gasteiger charge is -1.84. The molecule has 0 aromatic rings. The molecule has 0 saturated heterocycles. The van der Waals surface area contributed by atoms with Gasteiger partial charge in [-0.15, -0.1) is 11.6 Å². The third-order valence-electron chi connectivity index (χ3n) is 0.104. The van der Waals surface area contributed by atoms with Crippen LogP contribution in [0.4, 0.5) is 0 Å². The Bertz CT molecular complexity index is 21.6. The number of halogens is 2. The molecule has 3 heteroatoms. The molecule has 0 aromatic carbocycles. The molecule has 0 aliphatic heterocycles. The molecule has 0 aromatic heterocycles. The van der Waals surface area contributed by atoms with Crippen molar-refractivity contribution in [1.29, 1.82) is 0 Å². The van der Waals surface area contributed by atoms with Crippen molar-refractivity contribution in [2.24, 2.45) is 0 Å². The lowest BCUT2D eigenvalue weighted by atomic mass is 10.9. The van der Waals surface area contributed by atoms with E-state index in [1.165, 1.54) is 0 Å². The topological polar surface area (TPSA) is 20.2 Å². The first-order chi connectivity index (χ1) is 2.27. The second-order valence-electron chi connectivity index (χ2n) is 0.499. The molecule has 0 aliphatic rings. The average Bonchev–Trinajstić information content (AvgIpc) is 1.38. The van der Waals surface area contributed by atoms with Crippen LogP contribution >= 0.6 is 23.2 Å². The van der Waals surface area contributed by atoms with Crippen LogP contribution in [0.3, 0.4) is 0 Å². The zero-order valence-electron chi connectivity index (χ0n) is 2.36. The average molecular weight is 114 g/mol. The Balaban J connectivity index is 2.54. The summed E-state index contributed by atoms with van der Waals surface area (Å²) in [6, 6.07) is 0. The van der Waals surface area contributed by atoms with Crippen LogP contribution in [-0.4, -0.2) is 10.7 Å². The van der Waals surface area contributed by atoms with Crippen molar-refractivity contribution in [1.82, 2.24) is 0 Å². The highest BCUT2D eigenvalue weighted by atomic mass is 35.5. The van der Waals surface area contributed by atoms with Crippen molar-refractivity contribution in [3.63, 3.8) is 0 Å². The smallest absolute Gasteiger partial charge is 0.145 e. The molecule has 0 fully saturated rings. The van der Waals surface area contributed by atoms with Crippen molar-refractivity contribution in [2.75, 3.05) is 0 Å². The summed E-state index contributed by atoms with van der Waals surface area (Å²) in [4.78, 5) is 0. The van der Waals surface area contributed by atoms with Gasteiger partial charge >= 0.3 is 0 Å². The van der Waals surface area contributed by atoms with Gasteiger partial charge in [-0.25, -0.2) is 0 Å². The zero-order valence-corrected chi connectivity index (χ0v) is 3.87. The normalized spacial score (nSPS) is 15.0. The van der Waals surface area contributed by atoms with Gasteiger partial charge in [0.25, 0.3) is 0 Å². The predicted molar refractivity (Wildman–Crippen MR) is 22.0 cm³/mol. The highest BCUT2D eigenvalue weighted by Crippen LogP contribution is 1.96. The predicted octanol–water partition coefficient (Wildman–Crippen LogP) is 0.944. The molecule has 1 atom stereocenters. The molecule has 0 rings (SSSR count). The Kier molecular flexibility index (Phi) is 3.06. The van der Waals surface area contributed by atoms with Gasteiger partial charge in [-0.2, -0.15) is 0 Å². The van der Waals surface area contributed by atoms with Crippen molar-refractivity contribution < 1.29 is 5.11 Å². The number of aliphatic hydroxyl groups excluding tert-OH is 1. The summed E-state index contributed by atoms with van der Waals surface area (Å²) in [5.74, 6) is 0.960. The molecule has 1 nitrogen and oxygen atoms in total. The summed E-state index contributed by atoms with van der Waals surface area (Å²) in [7, 11) is 0. The second kappa shape index (κ2) is 2.76. The van der Waals surface area contributed by atoms with E-state index in [4.69, 9.17) is 28.3 Å². The van der Waals surface area contributed by atoms with Gasteiger partial charge in [-0.3, -0.25) is 0 Å². The van der Waals surface area contributed by atoms with Crippen LogP contribution < -0.4 is 0 Å². The van der Waals surface area contributed by atoms with Gasteiger partial charge in [-0.05, 0) is 0 Å². The molecule has 0 spiro atoms. The van der Waals surface area contributed by atoms with Crippen LogP contribution in [0.1, 0.15) is 0 Å². The Morgan fingerprint density at radius 2 is 2.00 bits per heavy atom. The summed E-state index contributed by atoms with van der Waals surface area (Å²) < 4.78 is 0. The third-order valence-corrected chi connectivity index (χ3v) is 0.598. The van der Waals surface area contributed by atoms with Gasteiger partial charge in [-0.1, -0.05) is 11.6 Å². The SMILES string of the molecule is OC(Cl)[CH]Cl. The maximum atomic E-state index is 7.94. The van der Waals surface area contributed by atoms with Crippen LogP contribution in [0, 0.1) is 5.88 Å². The molecule has 1 unspecified atom stereocenters. The monoisotopic (exact) mass is 113 g/mol. The van der Waals surface area contributed by atoms with Gasteiger partial charge in [0.1, 0.15) is 5.56 Å². The number of alkyl halides is 1. The number of hydrogen-bond acceptors (Lipinski definition) is 1. The standard InChI is InChI=1S/C2H3Cl2O/c3-1-2(4)5/h1-2,5H. The fourth-order valence-electron chi connectivity index (χ4n) is 0. The van der Waals surface area contributed by atoms with Crippen LogP contribution in [0.5, 0.6) is 0 Å². The molecule has 0 saturated carbocycles. The number of hydrogen-bond donors (Lipinski definition) is 1. The van der Waals surface area contributed by atoms with Crippen molar-refractivity contribution in [3.05, 3.63) is 5.88 Å².